The number of pyridine rings is 1. The summed E-state index contributed by atoms with van der Waals surface area (Å²) in [4.78, 5) is 12.1. The van der Waals surface area contributed by atoms with Gasteiger partial charge in [-0.2, -0.15) is 0 Å². The average Bonchev–Trinajstić information content (AvgIpc) is 3.76. The second kappa shape index (κ2) is 22.8. The number of aromatic nitrogens is 3. The molecule has 290 valence electrons. The van der Waals surface area contributed by atoms with Crippen molar-refractivity contribution in [3.05, 3.63) is 76.3 Å². The molecular weight excluding hydrogens is 637 g/mol. The van der Waals surface area contributed by atoms with E-state index in [1.165, 1.54) is 80.1 Å². The molecule has 2 fully saturated rings. The normalized spacial score (nSPS) is 15.8. The minimum Gasteiger partial charge on any atom is -0.493 e. The number of allylic oxidation sites excluding steroid dienone is 4. The first-order valence-corrected chi connectivity index (χ1v) is 20.4. The lowest BCUT2D eigenvalue weighted by molar-refractivity contribution is 0.279. The summed E-state index contributed by atoms with van der Waals surface area (Å²) in [7, 11) is 0. The molecule has 1 unspecified atom stereocenters. The first kappa shape index (κ1) is 45.0. The monoisotopic (exact) mass is 713 g/mol. The molecule has 1 aromatic carbocycles. The number of benzene rings is 1. The van der Waals surface area contributed by atoms with Gasteiger partial charge in [-0.1, -0.05) is 104 Å². The summed E-state index contributed by atoms with van der Waals surface area (Å²) >= 11 is 0. The summed E-state index contributed by atoms with van der Waals surface area (Å²) in [5.41, 5.74) is 13.3. The SMILES string of the molecule is C=C(C)CNC1CCCC1.CC(C)=C1CCC(C)(C)CC1=C(C)C.CCC.CCc1cc(-c2cnc3nc(C)[nH]c3c2)ccc1OCCC(C)CC. The molecule has 0 spiro atoms. The molecule has 2 heterocycles. The van der Waals surface area contributed by atoms with E-state index in [1.807, 2.05) is 13.1 Å². The molecule has 0 radical (unpaired) electrons. The second-order valence-corrected chi connectivity index (χ2v) is 16.6. The maximum Gasteiger partial charge on any atom is 0.177 e. The highest BCUT2D eigenvalue weighted by molar-refractivity contribution is 5.78. The highest BCUT2D eigenvalue weighted by Crippen LogP contribution is 2.43. The number of hydrogen-bond acceptors (Lipinski definition) is 4. The standard InChI is InChI=1S/C21H27N3O.C14H24.C9H17N.C3H8/c1-5-14(3)9-10-25-20-8-7-17(11-16(20)6-2)18-12-19-21(22-13-18)24-15(4)23-19;1-10(2)12-7-8-14(5,6)9-13(12)11(3)4;1-8(2)7-10-9-5-3-4-6-9;1-3-2/h7-8,11-14H,5-6,9-10H2,1-4H3,(H,22,23,24);7-9H2,1-6H3;9-10H,1,3-7H2,2H3;3H2,1-2H3. The number of nitrogens with one attached hydrogen (secondary N) is 2. The average molecular weight is 713 g/mol. The summed E-state index contributed by atoms with van der Waals surface area (Å²) in [6, 6.07) is 9.32. The Morgan fingerprint density at radius 3 is 2.21 bits per heavy atom. The topological polar surface area (TPSA) is 62.8 Å². The van der Waals surface area contributed by atoms with Crippen LogP contribution in [0.15, 0.2) is 64.9 Å². The van der Waals surface area contributed by atoms with Crippen molar-refractivity contribution in [2.24, 2.45) is 11.3 Å². The predicted molar refractivity (Wildman–Crippen MR) is 228 cm³/mol. The van der Waals surface area contributed by atoms with Gasteiger partial charge in [-0.15, -0.1) is 0 Å². The van der Waals surface area contributed by atoms with E-state index in [0.717, 1.165) is 65.9 Å². The van der Waals surface area contributed by atoms with Gasteiger partial charge in [-0.3, -0.25) is 0 Å². The molecule has 5 rings (SSSR count). The Morgan fingerprint density at radius 2 is 1.63 bits per heavy atom. The van der Waals surface area contributed by atoms with Crippen molar-refractivity contribution in [1.29, 1.82) is 0 Å². The van der Waals surface area contributed by atoms with Gasteiger partial charge in [0.05, 0.1) is 12.1 Å². The quantitative estimate of drug-likeness (QED) is 0.205. The van der Waals surface area contributed by atoms with E-state index in [2.05, 4.69) is 134 Å². The lowest BCUT2D eigenvalue weighted by atomic mass is 9.71. The number of aromatic amines is 1. The Morgan fingerprint density at radius 1 is 0.981 bits per heavy atom. The van der Waals surface area contributed by atoms with Crippen LogP contribution in [-0.4, -0.2) is 34.1 Å². The Kier molecular flexibility index (Phi) is 19.7. The molecule has 0 bridgehead atoms. The number of imidazole rings is 1. The molecule has 5 heteroatoms. The highest BCUT2D eigenvalue weighted by Gasteiger charge is 2.28. The van der Waals surface area contributed by atoms with Gasteiger partial charge in [0.15, 0.2) is 5.65 Å². The van der Waals surface area contributed by atoms with Crippen LogP contribution in [0.4, 0.5) is 0 Å². The Labute approximate surface area is 319 Å². The van der Waals surface area contributed by atoms with Crippen LogP contribution in [0.25, 0.3) is 22.3 Å². The summed E-state index contributed by atoms with van der Waals surface area (Å²) in [5, 5.41) is 3.48. The summed E-state index contributed by atoms with van der Waals surface area (Å²) < 4.78 is 6.03. The Hall–Kier alpha value is -3.18. The third kappa shape index (κ3) is 15.4. The molecule has 2 aliphatic carbocycles. The van der Waals surface area contributed by atoms with E-state index in [9.17, 15) is 0 Å². The zero-order valence-corrected chi connectivity index (χ0v) is 35.7. The van der Waals surface area contributed by atoms with Gasteiger partial charge in [-0.25, -0.2) is 9.97 Å². The largest absolute Gasteiger partial charge is 0.493 e. The van der Waals surface area contributed by atoms with E-state index >= 15 is 0 Å². The van der Waals surface area contributed by atoms with E-state index in [1.54, 1.807) is 11.1 Å². The predicted octanol–water partition coefficient (Wildman–Crippen LogP) is 13.7. The van der Waals surface area contributed by atoms with Gasteiger partial charge >= 0.3 is 0 Å². The molecule has 3 aromatic rings. The van der Waals surface area contributed by atoms with E-state index in [-0.39, 0.29) is 0 Å². The number of fused-ring (bicyclic) bond motifs is 1. The molecule has 2 aromatic heterocycles. The fourth-order valence-corrected chi connectivity index (χ4v) is 6.70. The van der Waals surface area contributed by atoms with Gasteiger partial charge < -0.3 is 15.0 Å². The molecule has 5 nitrogen and oxygen atoms in total. The van der Waals surface area contributed by atoms with Crippen LogP contribution in [0.5, 0.6) is 5.75 Å². The molecule has 0 aliphatic heterocycles. The third-order valence-corrected chi connectivity index (χ3v) is 10.1. The molecule has 0 amide bonds. The minimum absolute atomic E-state index is 0.506. The van der Waals surface area contributed by atoms with Gasteiger partial charge in [0.2, 0.25) is 0 Å². The molecule has 52 heavy (non-hydrogen) atoms. The molecular formula is C47H76N4O. The van der Waals surface area contributed by atoms with Crippen LogP contribution in [-0.2, 0) is 6.42 Å². The number of H-pyrrole nitrogens is 1. The number of hydrogen-bond donors (Lipinski definition) is 2. The van der Waals surface area contributed by atoms with Crippen molar-refractivity contribution in [2.45, 2.75) is 167 Å². The number of rotatable bonds is 10. The van der Waals surface area contributed by atoms with Crippen LogP contribution >= 0.6 is 0 Å². The van der Waals surface area contributed by atoms with Gasteiger partial charge in [0, 0.05) is 24.3 Å². The first-order valence-electron chi connectivity index (χ1n) is 20.4. The van der Waals surface area contributed by atoms with Crippen molar-refractivity contribution >= 4 is 11.2 Å². The zero-order valence-electron chi connectivity index (χ0n) is 35.7. The number of aryl methyl sites for hydroxylation is 2. The van der Waals surface area contributed by atoms with Crippen molar-refractivity contribution in [1.82, 2.24) is 20.3 Å². The summed E-state index contributed by atoms with van der Waals surface area (Å²) in [5.74, 6) is 2.60. The zero-order chi connectivity index (χ0) is 38.8. The fourth-order valence-electron chi connectivity index (χ4n) is 6.70. The molecule has 1 atom stereocenters. The first-order chi connectivity index (χ1) is 24.6. The van der Waals surface area contributed by atoms with Crippen LogP contribution in [0.2, 0.25) is 0 Å². The van der Waals surface area contributed by atoms with Crippen molar-refractivity contribution in [2.75, 3.05) is 13.2 Å². The van der Waals surface area contributed by atoms with Gasteiger partial charge in [0.1, 0.15) is 11.6 Å². The minimum atomic E-state index is 0.506. The van der Waals surface area contributed by atoms with Crippen LogP contribution in [0, 0.1) is 18.3 Å². The van der Waals surface area contributed by atoms with Crippen molar-refractivity contribution in [3.8, 4) is 16.9 Å². The van der Waals surface area contributed by atoms with Crippen molar-refractivity contribution < 1.29 is 4.74 Å². The fraction of sp³-hybridized carbons (Fsp3) is 0.617. The van der Waals surface area contributed by atoms with E-state index in [4.69, 9.17) is 4.74 Å². The Balaban J connectivity index is 0.000000291. The third-order valence-electron chi connectivity index (χ3n) is 10.1. The summed E-state index contributed by atoms with van der Waals surface area (Å²) in [6.45, 7) is 34.3. The van der Waals surface area contributed by atoms with Crippen molar-refractivity contribution in [3.63, 3.8) is 0 Å². The van der Waals surface area contributed by atoms with E-state index in [0.29, 0.717) is 11.3 Å². The Bertz CT molecular complexity index is 1580. The summed E-state index contributed by atoms with van der Waals surface area (Å²) in [6.07, 6.45) is 15.8. The number of nitrogens with zero attached hydrogens (tertiary/aromatic N) is 2. The highest BCUT2D eigenvalue weighted by atomic mass is 16.5. The van der Waals surface area contributed by atoms with Gasteiger partial charge in [0.25, 0.3) is 0 Å². The van der Waals surface area contributed by atoms with Crippen LogP contribution in [0.3, 0.4) is 0 Å². The maximum absolute atomic E-state index is 6.03. The maximum atomic E-state index is 6.03. The second-order valence-electron chi connectivity index (χ2n) is 16.6. The van der Waals surface area contributed by atoms with Crippen LogP contribution in [0.1, 0.15) is 159 Å². The lowest BCUT2D eigenvalue weighted by Gasteiger charge is -2.34. The van der Waals surface area contributed by atoms with E-state index < -0.39 is 0 Å². The smallest absolute Gasteiger partial charge is 0.177 e. The van der Waals surface area contributed by atoms with Gasteiger partial charge in [-0.05, 0) is 138 Å². The molecule has 2 N–H and O–H groups in total. The molecule has 2 aliphatic rings. The van der Waals surface area contributed by atoms with Crippen LogP contribution < -0.4 is 10.1 Å². The molecule has 2 saturated carbocycles. The number of ether oxygens (including phenoxy) is 1. The lowest BCUT2D eigenvalue weighted by Crippen LogP contribution is -2.27. The molecule has 0 saturated heterocycles.